The molecule has 22 heavy (non-hydrogen) atoms. The highest BCUT2D eigenvalue weighted by molar-refractivity contribution is 5.93. The van der Waals surface area contributed by atoms with Gasteiger partial charge in [0.25, 0.3) is 0 Å². The molecule has 1 heterocycles. The van der Waals surface area contributed by atoms with Crippen molar-refractivity contribution in [2.24, 2.45) is 21.9 Å². The molecule has 0 spiro atoms. The molecule has 3 rings (SSSR count). The van der Waals surface area contributed by atoms with Crippen molar-refractivity contribution in [1.82, 2.24) is 4.90 Å². The SMILES string of the molecule is CC1(C)[C@H]2CC[C@]1(C)/C(=N/OCC(O)CN1CCOCC1)C2. The lowest BCUT2D eigenvalue weighted by Crippen LogP contribution is -2.42. The second kappa shape index (κ2) is 6.10. The standard InChI is InChI=1S/C17H30N2O3/c1-16(2)13-4-5-17(16,3)15(10-13)18-22-12-14(20)11-19-6-8-21-9-7-19/h13-14,20H,4-12H2,1-3H3/b18-15+/t13-,14?,17+/m0/s1. The lowest BCUT2D eigenvalue weighted by molar-refractivity contribution is -0.0137. The average Bonchev–Trinajstić information content (AvgIpc) is 2.81. The number of hydrogen-bond acceptors (Lipinski definition) is 5. The Balaban J connectivity index is 1.48. The number of rotatable bonds is 5. The summed E-state index contributed by atoms with van der Waals surface area (Å²) in [7, 11) is 0. The number of fused-ring (bicyclic) bond motifs is 2. The Morgan fingerprint density at radius 1 is 1.36 bits per heavy atom. The van der Waals surface area contributed by atoms with E-state index in [2.05, 4.69) is 30.8 Å². The van der Waals surface area contributed by atoms with E-state index in [1.807, 2.05) is 0 Å². The van der Waals surface area contributed by atoms with E-state index in [9.17, 15) is 5.11 Å². The molecule has 3 atom stereocenters. The molecule has 2 saturated carbocycles. The van der Waals surface area contributed by atoms with Gasteiger partial charge in [-0.1, -0.05) is 25.9 Å². The first-order valence-corrected chi connectivity index (χ1v) is 8.61. The monoisotopic (exact) mass is 310 g/mol. The first-order valence-electron chi connectivity index (χ1n) is 8.61. The lowest BCUT2D eigenvalue weighted by Gasteiger charge is -2.34. The third-order valence-corrected chi connectivity index (χ3v) is 6.53. The molecule has 0 radical (unpaired) electrons. The van der Waals surface area contributed by atoms with Gasteiger partial charge in [-0.3, -0.25) is 4.90 Å². The Kier molecular flexibility index (Phi) is 4.49. The van der Waals surface area contributed by atoms with E-state index >= 15 is 0 Å². The van der Waals surface area contributed by atoms with Crippen LogP contribution in [-0.2, 0) is 9.57 Å². The average molecular weight is 310 g/mol. The van der Waals surface area contributed by atoms with Crippen molar-refractivity contribution < 1.29 is 14.7 Å². The fourth-order valence-corrected chi connectivity index (χ4v) is 4.40. The summed E-state index contributed by atoms with van der Waals surface area (Å²) in [5.41, 5.74) is 1.70. The molecule has 0 aromatic rings. The van der Waals surface area contributed by atoms with Gasteiger partial charge < -0.3 is 14.7 Å². The third kappa shape index (κ3) is 2.79. The molecule has 1 saturated heterocycles. The molecule has 3 aliphatic rings. The predicted octanol–water partition coefficient (Wildman–Crippen LogP) is 1.90. The number of β-amino-alcohol motifs (C(OH)–C–C–N with tert-alkyl or cyclic N) is 1. The smallest absolute Gasteiger partial charge is 0.144 e. The van der Waals surface area contributed by atoms with Gasteiger partial charge in [0.05, 0.1) is 18.9 Å². The molecule has 0 amide bonds. The molecular formula is C17H30N2O3. The van der Waals surface area contributed by atoms with Crippen molar-refractivity contribution in [3.63, 3.8) is 0 Å². The molecule has 2 aliphatic carbocycles. The summed E-state index contributed by atoms with van der Waals surface area (Å²) < 4.78 is 5.31. The maximum Gasteiger partial charge on any atom is 0.144 e. The Morgan fingerprint density at radius 2 is 2.09 bits per heavy atom. The minimum absolute atomic E-state index is 0.173. The minimum Gasteiger partial charge on any atom is -0.393 e. The Hall–Kier alpha value is -0.650. The molecule has 0 aromatic carbocycles. The number of aliphatic hydroxyl groups is 1. The lowest BCUT2D eigenvalue weighted by atomic mass is 9.70. The van der Waals surface area contributed by atoms with Crippen LogP contribution in [0.4, 0.5) is 0 Å². The van der Waals surface area contributed by atoms with Crippen LogP contribution >= 0.6 is 0 Å². The van der Waals surface area contributed by atoms with E-state index in [-0.39, 0.29) is 12.0 Å². The van der Waals surface area contributed by atoms with E-state index in [0.29, 0.717) is 12.0 Å². The normalized spacial score (nSPS) is 37.6. The van der Waals surface area contributed by atoms with Crippen molar-refractivity contribution >= 4 is 5.71 Å². The van der Waals surface area contributed by atoms with Gasteiger partial charge in [0.15, 0.2) is 0 Å². The zero-order chi connectivity index (χ0) is 15.8. The summed E-state index contributed by atoms with van der Waals surface area (Å²) in [6.45, 7) is 11.3. The van der Waals surface area contributed by atoms with Gasteiger partial charge in [0, 0.05) is 25.0 Å². The summed E-state index contributed by atoms with van der Waals surface area (Å²) in [6, 6.07) is 0. The van der Waals surface area contributed by atoms with E-state index in [1.165, 1.54) is 18.6 Å². The minimum atomic E-state index is -0.484. The molecule has 5 heteroatoms. The van der Waals surface area contributed by atoms with E-state index in [1.54, 1.807) is 0 Å². The van der Waals surface area contributed by atoms with E-state index in [0.717, 1.165) is 38.6 Å². The molecule has 1 unspecified atom stereocenters. The van der Waals surface area contributed by atoms with Gasteiger partial charge in [-0.15, -0.1) is 0 Å². The van der Waals surface area contributed by atoms with Crippen molar-refractivity contribution in [1.29, 1.82) is 0 Å². The topological polar surface area (TPSA) is 54.3 Å². The number of morpholine rings is 1. The Morgan fingerprint density at radius 3 is 2.68 bits per heavy atom. The quantitative estimate of drug-likeness (QED) is 0.788. The van der Waals surface area contributed by atoms with Gasteiger partial charge in [-0.05, 0) is 30.6 Å². The van der Waals surface area contributed by atoms with Crippen LogP contribution in [0.1, 0.15) is 40.0 Å². The van der Waals surface area contributed by atoms with Crippen LogP contribution in [0.2, 0.25) is 0 Å². The number of hydrogen-bond donors (Lipinski definition) is 1. The zero-order valence-electron chi connectivity index (χ0n) is 14.2. The summed E-state index contributed by atoms with van der Waals surface area (Å²) in [5, 5.41) is 14.5. The van der Waals surface area contributed by atoms with Gasteiger partial charge >= 0.3 is 0 Å². The predicted molar refractivity (Wildman–Crippen MR) is 85.9 cm³/mol. The highest BCUT2D eigenvalue weighted by Crippen LogP contribution is 2.63. The first-order chi connectivity index (χ1) is 10.4. The summed E-state index contributed by atoms with van der Waals surface area (Å²) in [6.07, 6.45) is 3.09. The van der Waals surface area contributed by atoms with Crippen molar-refractivity contribution in [3.05, 3.63) is 0 Å². The molecule has 0 aromatic heterocycles. The number of oxime groups is 1. The van der Waals surface area contributed by atoms with Crippen LogP contribution in [0.15, 0.2) is 5.16 Å². The first kappa shape index (κ1) is 16.2. The zero-order valence-corrected chi connectivity index (χ0v) is 14.2. The largest absolute Gasteiger partial charge is 0.393 e. The van der Waals surface area contributed by atoms with Crippen LogP contribution in [0.3, 0.4) is 0 Å². The molecule has 2 bridgehead atoms. The number of aliphatic hydroxyl groups excluding tert-OH is 1. The van der Waals surface area contributed by atoms with Crippen LogP contribution in [0, 0.1) is 16.7 Å². The molecular weight excluding hydrogens is 280 g/mol. The highest BCUT2D eigenvalue weighted by Gasteiger charge is 2.60. The summed E-state index contributed by atoms with van der Waals surface area (Å²) in [4.78, 5) is 7.73. The maximum absolute atomic E-state index is 10.1. The molecule has 3 fully saturated rings. The fourth-order valence-electron chi connectivity index (χ4n) is 4.40. The van der Waals surface area contributed by atoms with Gasteiger partial charge in [0.1, 0.15) is 12.7 Å². The van der Waals surface area contributed by atoms with Crippen LogP contribution in [0.5, 0.6) is 0 Å². The second-order valence-corrected chi connectivity index (χ2v) is 7.89. The number of nitrogens with zero attached hydrogens (tertiary/aromatic N) is 2. The van der Waals surface area contributed by atoms with Gasteiger partial charge in [-0.25, -0.2) is 0 Å². The maximum atomic E-state index is 10.1. The third-order valence-electron chi connectivity index (χ3n) is 6.53. The van der Waals surface area contributed by atoms with Crippen LogP contribution in [-0.4, -0.2) is 61.3 Å². The molecule has 126 valence electrons. The highest BCUT2D eigenvalue weighted by atomic mass is 16.6. The van der Waals surface area contributed by atoms with Crippen molar-refractivity contribution in [2.75, 3.05) is 39.5 Å². The molecule has 5 nitrogen and oxygen atoms in total. The van der Waals surface area contributed by atoms with Gasteiger partial charge in [0.2, 0.25) is 0 Å². The van der Waals surface area contributed by atoms with E-state index in [4.69, 9.17) is 9.57 Å². The summed E-state index contributed by atoms with van der Waals surface area (Å²) >= 11 is 0. The van der Waals surface area contributed by atoms with Crippen LogP contribution in [0.25, 0.3) is 0 Å². The van der Waals surface area contributed by atoms with Crippen molar-refractivity contribution in [2.45, 2.75) is 46.1 Å². The van der Waals surface area contributed by atoms with Crippen molar-refractivity contribution in [3.8, 4) is 0 Å². The molecule has 1 N–H and O–H groups in total. The van der Waals surface area contributed by atoms with E-state index < -0.39 is 6.10 Å². The summed E-state index contributed by atoms with van der Waals surface area (Å²) in [5.74, 6) is 0.734. The van der Waals surface area contributed by atoms with Crippen LogP contribution < -0.4 is 0 Å². The second-order valence-electron chi connectivity index (χ2n) is 7.89. The van der Waals surface area contributed by atoms with Gasteiger partial charge in [-0.2, -0.15) is 0 Å². The molecule has 1 aliphatic heterocycles. The fraction of sp³-hybridized carbons (Fsp3) is 0.941. The number of ether oxygens (including phenoxy) is 1. The Bertz CT molecular complexity index is 432. The Labute approximate surface area is 133 Å².